The summed E-state index contributed by atoms with van der Waals surface area (Å²) >= 11 is 0. The molecule has 0 saturated carbocycles. The maximum atomic E-state index is 13.0. The molecule has 0 bridgehead atoms. The molecule has 0 aliphatic carbocycles. The monoisotopic (exact) mass is 338 g/mol. The van der Waals surface area contributed by atoms with Gasteiger partial charge in [0, 0.05) is 44.1 Å². The molecule has 2 aromatic heterocycles. The Hall–Kier alpha value is -2.31. The predicted molar refractivity (Wildman–Crippen MR) is 92.3 cm³/mol. The maximum Gasteiger partial charge on any atom is 0.230 e. The minimum absolute atomic E-state index is 0.0781. The molecule has 6 heteroatoms. The van der Waals surface area contributed by atoms with E-state index in [0.29, 0.717) is 19.8 Å². The fraction of sp³-hybridized carbons (Fsp3) is 0.421. The molecule has 0 unspecified atom stereocenters. The van der Waals surface area contributed by atoms with Crippen molar-refractivity contribution in [1.82, 2.24) is 20.2 Å². The third-order valence-corrected chi connectivity index (χ3v) is 5.18. The number of carbonyl (C=O) groups excluding carboxylic acids is 1. The van der Waals surface area contributed by atoms with Gasteiger partial charge in [-0.2, -0.15) is 0 Å². The summed E-state index contributed by atoms with van der Waals surface area (Å²) in [5.41, 5.74) is 1.59. The molecule has 25 heavy (non-hydrogen) atoms. The van der Waals surface area contributed by atoms with Crippen LogP contribution in [0.25, 0.3) is 0 Å². The van der Waals surface area contributed by atoms with Gasteiger partial charge in [-0.3, -0.25) is 19.7 Å². The number of rotatable bonds is 5. The van der Waals surface area contributed by atoms with Gasteiger partial charge in [-0.15, -0.1) is 0 Å². The number of nitrogens with zero attached hydrogens (tertiary/aromatic N) is 3. The van der Waals surface area contributed by atoms with Gasteiger partial charge < -0.3 is 10.1 Å². The van der Waals surface area contributed by atoms with Crippen molar-refractivity contribution in [3.05, 3.63) is 60.2 Å². The number of amides is 1. The van der Waals surface area contributed by atoms with Crippen LogP contribution in [-0.4, -0.2) is 47.1 Å². The fourth-order valence-corrected chi connectivity index (χ4v) is 3.88. The van der Waals surface area contributed by atoms with Crippen LogP contribution in [-0.2, 0) is 22.6 Å². The van der Waals surface area contributed by atoms with Gasteiger partial charge >= 0.3 is 0 Å². The molecule has 1 amide bonds. The number of nitrogens with one attached hydrogen (secondary N) is 1. The van der Waals surface area contributed by atoms with Gasteiger partial charge in [0.15, 0.2) is 0 Å². The van der Waals surface area contributed by atoms with E-state index in [0.717, 1.165) is 25.3 Å². The maximum absolute atomic E-state index is 13.0. The molecule has 0 radical (unpaired) electrons. The number of aromatic nitrogens is 2. The fourth-order valence-electron chi connectivity index (χ4n) is 3.88. The molecule has 0 spiro atoms. The first kappa shape index (κ1) is 16.2. The minimum atomic E-state index is -0.447. The quantitative estimate of drug-likeness (QED) is 0.888. The van der Waals surface area contributed by atoms with Crippen LogP contribution < -0.4 is 5.32 Å². The van der Waals surface area contributed by atoms with E-state index < -0.39 is 5.41 Å². The van der Waals surface area contributed by atoms with E-state index in [1.807, 2.05) is 30.5 Å². The number of carbonyl (C=O) groups is 1. The third-order valence-electron chi connectivity index (χ3n) is 5.18. The van der Waals surface area contributed by atoms with Crippen LogP contribution in [0, 0.1) is 11.3 Å². The van der Waals surface area contributed by atoms with E-state index in [1.54, 1.807) is 12.4 Å². The second-order valence-electron chi connectivity index (χ2n) is 6.90. The number of pyridine rings is 2. The van der Waals surface area contributed by atoms with Crippen LogP contribution in [0.5, 0.6) is 0 Å². The summed E-state index contributed by atoms with van der Waals surface area (Å²) < 4.78 is 5.67. The molecule has 2 atom stereocenters. The van der Waals surface area contributed by atoms with E-state index in [4.69, 9.17) is 4.74 Å². The lowest BCUT2D eigenvalue weighted by molar-refractivity contribution is -0.131. The Morgan fingerprint density at radius 2 is 2.28 bits per heavy atom. The molecule has 2 aliphatic rings. The zero-order valence-electron chi connectivity index (χ0n) is 14.1. The molecule has 1 N–H and O–H groups in total. The van der Waals surface area contributed by atoms with E-state index in [2.05, 4.69) is 26.3 Å². The van der Waals surface area contributed by atoms with Crippen molar-refractivity contribution in [1.29, 1.82) is 0 Å². The van der Waals surface area contributed by atoms with E-state index >= 15 is 0 Å². The first-order valence-corrected chi connectivity index (χ1v) is 8.63. The van der Waals surface area contributed by atoms with Crippen LogP contribution in [0.3, 0.4) is 0 Å². The zero-order chi connectivity index (χ0) is 17.1. The summed E-state index contributed by atoms with van der Waals surface area (Å²) in [7, 11) is 0. The molecule has 4 heterocycles. The summed E-state index contributed by atoms with van der Waals surface area (Å²) in [6.07, 6.45) is 5.41. The van der Waals surface area contributed by atoms with Crippen LogP contribution in [0.1, 0.15) is 11.3 Å². The molecule has 2 aliphatic heterocycles. The third kappa shape index (κ3) is 3.27. The lowest BCUT2D eigenvalue weighted by Crippen LogP contribution is -2.46. The number of ether oxygens (including phenoxy) is 1. The van der Waals surface area contributed by atoms with Crippen LogP contribution in [0.4, 0.5) is 0 Å². The van der Waals surface area contributed by atoms with Gasteiger partial charge in [0.05, 0.1) is 30.9 Å². The van der Waals surface area contributed by atoms with Gasteiger partial charge in [-0.25, -0.2) is 0 Å². The summed E-state index contributed by atoms with van der Waals surface area (Å²) in [6, 6.07) is 9.75. The second kappa shape index (κ2) is 6.90. The van der Waals surface area contributed by atoms with Crippen molar-refractivity contribution in [2.45, 2.75) is 13.1 Å². The van der Waals surface area contributed by atoms with Crippen molar-refractivity contribution in [2.75, 3.05) is 26.3 Å². The highest BCUT2D eigenvalue weighted by Gasteiger charge is 2.55. The van der Waals surface area contributed by atoms with Gasteiger partial charge in [0.25, 0.3) is 0 Å². The van der Waals surface area contributed by atoms with Crippen molar-refractivity contribution >= 4 is 5.91 Å². The highest BCUT2D eigenvalue weighted by Crippen LogP contribution is 2.42. The SMILES string of the molecule is O=C(NCc1ccccn1)[C@@]12COC[C@@H]1CN(Cc1cccnc1)C2. The first-order valence-electron chi connectivity index (χ1n) is 8.63. The van der Waals surface area contributed by atoms with Gasteiger partial charge in [-0.05, 0) is 23.8 Å². The minimum Gasteiger partial charge on any atom is -0.380 e. The van der Waals surface area contributed by atoms with Crippen molar-refractivity contribution in [3.8, 4) is 0 Å². The van der Waals surface area contributed by atoms with Crippen molar-refractivity contribution in [2.24, 2.45) is 11.3 Å². The molecule has 0 aromatic carbocycles. The Balaban J connectivity index is 1.42. The Bertz CT molecular complexity index is 725. The summed E-state index contributed by atoms with van der Waals surface area (Å²) in [4.78, 5) is 23.7. The largest absolute Gasteiger partial charge is 0.380 e. The van der Waals surface area contributed by atoms with Crippen molar-refractivity contribution < 1.29 is 9.53 Å². The van der Waals surface area contributed by atoms with E-state index in [9.17, 15) is 4.79 Å². The Morgan fingerprint density at radius 3 is 3.08 bits per heavy atom. The van der Waals surface area contributed by atoms with E-state index in [-0.39, 0.29) is 11.8 Å². The van der Waals surface area contributed by atoms with Gasteiger partial charge in [0.1, 0.15) is 0 Å². The molecular weight excluding hydrogens is 316 g/mol. The van der Waals surface area contributed by atoms with E-state index in [1.165, 1.54) is 5.56 Å². The van der Waals surface area contributed by atoms with Crippen LogP contribution >= 0.6 is 0 Å². The van der Waals surface area contributed by atoms with Gasteiger partial charge in [0.2, 0.25) is 5.91 Å². The Labute approximate surface area is 147 Å². The highest BCUT2D eigenvalue weighted by atomic mass is 16.5. The summed E-state index contributed by atoms with van der Waals surface area (Å²) in [5.74, 6) is 0.322. The first-order chi connectivity index (χ1) is 12.3. The number of fused-ring (bicyclic) bond motifs is 1. The second-order valence-corrected chi connectivity index (χ2v) is 6.90. The Kier molecular flexibility index (Phi) is 4.46. The zero-order valence-corrected chi connectivity index (χ0v) is 14.1. The normalized spacial score (nSPS) is 25.7. The number of hydrogen-bond donors (Lipinski definition) is 1. The van der Waals surface area contributed by atoms with Gasteiger partial charge in [-0.1, -0.05) is 12.1 Å². The van der Waals surface area contributed by atoms with Crippen LogP contribution in [0.15, 0.2) is 48.9 Å². The summed E-state index contributed by atoms with van der Waals surface area (Å²) in [5, 5.41) is 3.07. The topological polar surface area (TPSA) is 67.3 Å². The molecular formula is C19H22N4O2. The van der Waals surface area contributed by atoms with Crippen LogP contribution in [0.2, 0.25) is 0 Å². The molecule has 4 rings (SSSR count). The van der Waals surface area contributed by atoms with Crippen molar-refractivity contribution in [3.63, 3.8) is 0 Å². The Morgan fingerprint density at radius 1 is 1.32 bits per heavy atom. The standard InChI is InChI=1S/C19H22N4O2/c24-18(22-9-17-5-1-2-7-21-17)19-13-23(11-16(19)12-25-14-19)10-15-4-3-6-20-8-15/h1-8,16H,9-14H2,(H,22,24)/t16-,19-/m0/s1. The lowest BCUT2D eigenvalue weighted by atomic mass is 9.80. The molecule has 130 valence electrons. The smallest absolute Gasteiger partial charge is 0.230 e. The molecule has 6 nitrogen and oxygen atoms in total. The lowest BCUT2D eigenvalue weighted by Gasteiger charge is -2.26. The predicted octanol–water partition coefficient (Wildman–Crippen LogP) is 1.24. The number of hydrogen-bond acceptors (Lipinski definition) is 5. The molecule has 2 fully saturated rings. The average molecular weight is 338 g/mol. The average Bonchev–Trinajstić information content (AvgIpc) is 3.19. The summed E-state index contributed by atoms with van der Waals surface area (Å²) in [6.45, 7) is 4.03. The number of likely N-dealkylation sites (tertiary alicyclic amines) is 1. The molecule has 2 aromatic rings. The highest BCUT2D eigenvalue weighted by molar-refractivity contribution is 5.84. The molecule has 2 saturated heterocycles.